The fourth-order valence-electron chi connectivity index (χ4n) is 3.04. The third-order valence-electron chi connectivity index (χ3n) is 4.18. The molecule has 0 bridgehead atoms. The molecular formula is C17H21NO. The minimum Gasteiger partial charge on any atom is -0.358 e. The summed E-state index contributed by atoms with van der Waals surface area (Å²) in [6.45, 7) is 2.20. The molecule has 0 saturated carbocycles. The van der Waals surface area contributed by atoms with Crippen molar-refractivity contribution in [3.05, 3.63) is 45.2 Å². The van der Waals surface area contributed by atoms with Crippen LogP contribution in [0.3, 0.4) is 0 Å². The monoisotopic (exact) mass is 255 g/mol. The number of pyridine rings is 1. The van der Waals surface area contributed by atoms with Gasteiger partial charge >= 0.3 is 0 Å². The summed E-state index contributed by atoms with van der Waals surface area (Å²) in [6.07, 6.45) is 7.77. The number of rotatable bonds is 3. The van der Waals surface area contributed by atoms with Crippen molar-refractivity contribution in [1.82, 2.24) is 4.98 Å². The second kappa shape index (κ2) is 5.20. The molecule has 0 radical (unpaired) electrons. The highest BCUT2D eigenvalue weighted by Crippen LogP contribution is 2.21. The van der Waals surface area contributed by atoms with E-state index < -0.39 is 0 Å². The Hall–Kier alpha value is -1.57. The molecule has 2 nitrogen and oxygen atoms in total. The number of aryl methyl sites for hydroxylation is 2. The summed E-state index contributed by atoms with van der Waals surface area (Å²) in [6, 6.07) is 6.33. The molecule has 0 spiro atoms. The van der Waals surface area contributed by atoms with Gasteiger partial charge < -0.3 is 4.98 Å². The molecule has 2 aromatic rings. The third kappa shape index (κ3) is 2.32. The summed E-state index contributed by atoms with van der Waals surface area (Å²) in [5, 5.41) is 0.884. The summed E-state index contributed by atoms with van der Waals surface area (Å²) < 4.78 is 0. The molecule has 1 aromatic carbocycles. The van der Waals surface area contributed by atoms with Crippen molar-refractivity contribution in [1.29, 1.82) is 0 Å². The molecule has 1 aromatic heterocycles. The fraction of sp³-hybridized carbons (Fsp3) is 0.471. The van der Waals surface area contributed by atoms with Crippen molar-refractivity contribution < 1.29 is 0 Å². The Kier molecular flexibility index (Phi) is 3.41. The molecule has 2 heteroatoms. The molecule has 0 unspecified atom stereocenters. The average molecular weight is 255 g/mol. The Morgan fingerprint density at radius 2 is 2.05 bits per heavy atom. The van der Waals surface area contributed by atoms with Crippen LogP contribution in [0.5, 0.6) is 0 Å². The lowest BCUT2D eigenvalue weighted by molar-refractivity contribution is 0.667. The van der Waals surface area contributed by atoms with Gasteiger partial charge in [-0.25, -0.2) is 0 Å². The molecule has 0 atom stereocenters. The zero-order valence-electron chi connectivity index (χ0n) is 11.6. The third-order valence-corrected chi connectivity index (χ3v) is 4.18. The number of benzene rings is 1. The Bertz CT molecular complexity index is 654. The van der Waals surface area contributed by atoms with E-state index >= 15 is 0 Å². The molecule has 0 aliphatic heterocycles. The minimum absolute atomic E-state index is 0.266. The Morgan fingerprint density at radius 1 is 1.21 bits per heavy atom. The standard InChI is InChI=1S/C17H21NO/c1-2-3-6-12-9-10-16-14(11-12)17(19)13-7-4-5-8-15(13)18-16/h9-11H,2-8H2,1H3,(H,18,19). The van der Waals surface area contributed by atoms with Crippen LogP contribution in [0.15, 0.2) is 23.0 Å². The van der Waals surface area contributed by atoms with Gasteiger partial charge in [0, 0.05) is 22.2 Å². The summed E-state index contributed by atoms with van der Waals surface area (Å²) in [7, 11) is 0. The van der Waals surface area contributed by atoms with E-state index in [-0.39, 0.29) is 5.43 Å². The Balaban J connectivity index is 2.12. The summed E-state index contributed by atoms with van der Waals surface area (Å²) in [5.41, 5.74) is 4.76. The van der Waals surface area contributed by atoms with Crippen LogP contribution in [0.4, 0.5) is 0 Å². The lowest BCUT2D eigenvalue weighted by atomic mass is 9.93. The predicted octanol–water partition coefficient (Wildman–Crippen LogP) is 3.75. The quantitative estimate of drug-likeness (QED) is 0.890. The summed E-state index contributed by atoms with van der Waals surface area (Å²) >= 11 is 0. The number of fused-ring (bicyclic) bond motifs is 2. The van der Waals surface area contributed by atoms with Crippen molar-refractivity contribution in [2.45, 2.75) is 51.9 Å². The van der Waals surface area contributed by atoms with Crippen molar-refractivity contribution >= 4 is 10.9 Å². The second-order valence-corrected chi connectivity index (χ2v) is 5.60. The summed E-state index contributed by atoms with van der Waals surface area (Å²) in [5.74, 6) is 0. The van der Waals surface area contributed by atoms with Crippen molar-refractivity contribution in [3.8, 4) is 0 Å². The van der Waals surface area contributed by atoms with Gasteiger partial charge in [-0.05, 0) is 56.2 Å². The van der Waals surface area contributed by atoms with Crippen LogP contribution in [-0.4, -0.2) is 4.98 Å². The number of aromatic nitrogens is 1. The normalized spacial score (nSPS) is 14.6. The van der Waals surface area contributed by atoms with Crippen molar-refractivity contribution in [3.63, 3.8) is 0 Å². The van der Waals surface area contributed by atoms with E-state index in [1.807, 2.05) is 0 Å². The lowest BCUT2D eigenvalue weighted by Gasteiger charge is -2.16. The highest BCUT2D eigenvalue weighted by Gasteiger charge is 2.15. The van der Waals surface area contributed by atoms with Crippen LogP contribution in [0.2, 0.25) is 0 Å². The SMILES string of the molecule is CCCCc1ccc2[nH]c3c(c(=O)c2c1)CCCC3. The highest BCUT2D eigenvalue weighted by molar-refractivity contribution is 5.80. The van der Waals surface area contributed by atoms with Crippen LogP contribution in [0.25, 0.3) is 10.9 Å². The molecule has 0 amide bonds. The smallest absolute Gasteiger partial charge is 0.192 e. The van der Waals surface area contributed by atoms with Gasteiger partial charge in [0.15, 0.2) is 5.43 Å². The number of aromatic amines is 1. The first-order valence-corrected chi connectivity index (χ1v) is 7.46. The molecule has 3 rings (SSSR count). The van der Waals surface area contributed by atoms with Gasteiger partial charge in [0.05, 0.1) is 0 Å². The van der Waals surface area contributed by atoms with E-state index in [9.17, 15) is 4.79 Å². The molecule has 19 heavy (non-hydrogen) atoms. The first kappa shape index (κ1) is 12.5. The van der Waals surface area contributed by atoms with Gasteiger partial charge in [0.1, 0.15) is 0 Å². The number of H-pyrrole nitrogens is 1. The van der Waals surface area contributed by atoms with E-state index in [0.717, 1.165) is 42.1 Å². The van der Waals surface area contributed by atoms with Gasteiger partial charge in [0.25, 0.3) is 0 Å². The Labute approximate surface area is 113 Å². The van der Waals surface area contributed by atoms with Crippen LogP contribution in [-0.2, 0) is 19.3 Å². The van der Waals surface area contributed by atoms with Crippen LogP contribution < -0.4 is 5.43 Å². The maximum atomic E-state index is 12.6. The zero-order chi connectivity index (χ0) is 13.2. The van der Waals surface area contributed by atoms with E-state index in [4.69, 9.17) is 0 Å². The van der Waals surface area contributed by atoms with E-state index in [2.05, 4.69) is 30.1 Å². The van der Waals surface area contributed by atoms with E-state index in [0.29, 0.717) is 0 Å². The zero-order valence-corrected chi connectivity index (χ0v) is 11.6. The second-order valence-electron chi connectivity index (χ2n) is 5.60. The molecule has 0 saturated heterocycles. The molecule has 1 aliphatic carbocycles. The van der Waals surface area contributed by atoms with Gasteiger partial charge in [-0.2, -0.15) is 0 Å². The maximum Gasteiger partial charge on any atom is 0.192 e. The van der Waals surface area contributed by atoms with Crippen molar-refractivity contribution in [2.75, 3.05) is 0 Å². The van der Waals surface area contributed by atoms with E-state index in [1.165, 1.54) is 30.5 Å². The van der Waals surface area contributed by atoms with Gasteiger partial charge in [-0.3, -0.25) is 4.79 Å². The number of nitrogens with one attached hydrogen (secondary N) is 1. The first-order chi connectivity index (χ1) is 9.29. The van der Waals surface area contributed by atoms with Crippen LogP contribution >= 0.6 is 0 Å². The molecular weight excluding hydrogens is 234 g/mol. The minimum atomic E-state index is 0.266. The Morgan fingerprint density at radius 3 is 2.89 bits per heavy atom. The van der Waals surface area contributed by atoms with Crippen LogP contribution in [0.1, 0.15) is 49.4 Å². The number of unbranched alkanes of at least 4 members (excludes halogenated alkanes) is 1. The molecule has 1 N–H and O–H groups in total. The van der Waals surface area contributed by atoms with Gasteiger partial charge in [-0.1, -0.05) is 19.4 Å². The number of hydrogen-bond donors (Lipinski definition) is 1. The summed E-state index contributed by atoms with van der Waals surface area (Å²) in [4.78, 5) is 16.1. The van der Waals surface area contributed by atoms with Gasteiger partial charge in [-0.15, -0.1) is 0 Å². The number of hydrogen-bond acceptors (Lipinski definition) is 1. The molecule has 1 aliphatic rings. The maximum absolute atomic E-state index is 12.6. The topological polar surface area (TPSA) is 32.9 Å². The van der Waals surface area contributed by atoms with Crippen LogP contribution in [0, 0.1) is 0 Å². The van der Waals surface area contributed by atoms with Gasteiger partial charge in [0.2, 0.25) is 0 Å². The molecule has 1 heterocycles. The largest absolute Gasteiger partial charge is 0.358 e. The lowest BCUT2D eigenvalue weighted by Crippen LogP contribution is -2.18. The average Bonchev–Trinajstić information content (AvgIpc) is 2.46. The molecule has 100 valence electrons. The highest BCUT2D eigenvalue weighted by atomic mass is 16.1. The first-order valence-electron chi connectivity index (χ1n) is 7.46. The predicted molar refractivity (Wildman–Crippen MR) is 79.8 cm³/mol. The fourth-order valence-corrected chi connectivity index (χ4v) is 3.04. The van der Waals surface area contributed by atoms with Crippen molar-refractivity contribution in [2.24, 2.45) is 0 Å². The van der Waals surface area contributed by atoms with E-state index in [1.54, 1.807) is 0 Å². The molecule has 0 fully saturated rings.